The van der Waals surface area contributed by atoms with Gasteiger partial charge in [-0.3, -0.25) is 9.48 Å². The Kier molecular flexibility index (Phi) is 3.50. The first-order valence-electron chi connectivity index (χ1n) is 5.03. The Bertz CT molecular complexity index is 563. The van der Waals surface area contributed by atoms with E-state index < -0.39 is 0 Å². The van der Waals surface area contributed by atoms with Gasteiger partial charge in [0, 0.05) is 23.8 Å². The lowest BCUT2D eigenvalue weighted by Crippen LogP contribution is -2.05. The largest absolute Gasteiger partial charge is 0.294 e. The highest BCUT2D eigenvalue weighted by molar-refractivity contribution is 6.35. The third kappa shape index (κ3) is 2.87. The van der Waals surface area contributed by atoms with Crippen molar-refractivity contribution in [3.63, 3.8) is 0 Å². The molecular formula is C12H10Cl2N2O. The lowest BCUT2D eigenvalue weighted by molar-refractivity contribution is 0.0992. The van der Waals surface area contributed by atoms with E-state index in [1.165, 1.54) is 0 Å². The summed E-state index contributed by atoms with van der Waals surface area (Å²) in [5, 5.41) is 5.06. The van der Waals surface area contributed by atoms with Gasteiger partial charge in [-0.1, -0.05) is 23.2 Å². The van der Waals surface area contributed by atoms with E-state index in [-0.39, 0.29) is 12.2 Å². The number of aryl methyl sites for hydroxylation is 1. The van der Waals surface area contributed by atoms with Crippen LogP contribution in [0.5, 0.6) is 0 Å². The zero-order chi connectivity index (χ0) is 12.4. The molecule has 0 spiro atoms. The average molecular weight is 269 g/mol. The van der Waals surface area contributed by atoms with Crippen LogP contribution in [-0.4, -0.2) is 15.6 Å². The van der Waals surface area contributed by atoms with Crippen molar-refractivity contribution in [2.45, 2.75) is 6.42 Å². The second kappa shape index (κ2) is 4.90. The van der Waals surface area contributed by atoms with Gasteiger partial charge in [0.2, 0.25) is 0 Å². The first-order valence-corrected chi connectivity index (χ1v) is 5.78. The second-order valence-corrected chi connectivity index (χ2v) is 4.55. The summed E-state index contributed by atoms with van der Waals surface area (Å²) in [4.78, 5) is 12.0. The van der Waals surface area contributed by atoms with Crippen LogP contribution < -0.4 is 0 Å². The third-order valence-electron chi connectivity index (χ3n) is 2.34. The van der Waals surface area contributed by atoms with Crippen LogP contribution in [0.15, 0.2) is 30.5 Å². The highest BCUT2D eigenvalue weighted by Gasteiger charge is 2.13. The van der Waals surface area contributed by atoms with Crippen molar-refractivity contribution in [1.82, 2.24) is 9.78 Å². The maximum atomic E-state index is 12.0. The molecule has 0 fully saturated rings. The number of ketones is 1. The maximum absolute atomic E-state index is 12.0. The van der Waals surface area contributed by atoms with Gasteiger partial charge >= 0.3 is 0 Å². The van der Waals surface area contributed by atoms with Crippen molar-refractivity contribution in [3.05, 3.63) is 51.8 Å². The highest BCUT2D eigenvalue weighted by Crippen LogP contribution is 2.22. The molecule has 1 aromatic carbocycles. The minimum Gasteiger partial charge on any atom is -0.294 e. The number of rotatable bonds is 3. The minimum atomic E-state index is -0.0869. The second-order valence-electron chi connectivity index (χ2n) is 3.70. The van der Waals surface area contributed by atoms with E-state index >= 15 is 0 Å². The van der Waals surface area contributed by atoms with Crippen molar-refractivity contribution in [2.24, 2.45) is 7.05 Å². The molecule has 88 valence electrons. The van der Waals surface area contributed by atoms with E-state index in [4.69, 9.17) is 23.2 Å². The van der Waals surface area contributed by atoms with Crippen LogP contribution in [-0.2, 0) is 13.5 Å². The number of carbonyl (C=O) groups excluding carboxylic acids is 1. The van der Waals surface area contributed by atoms with Crippen LogP contribution in [0.4, 0.5) is 0 Å². The van der Waals surface area contributed by atoms with Crippen molar-refractivity contribution in [1.29, 1.82) is 0 Å². The molecule has 17 heavy (non-hydrogen) atoms. The number of hydrogen-bond acceptors (Lipinski definition) is 2. The number of carbonyl (C=O) groups is 1. The van der Waals surface area contributed by atoms with Gasteiger partial charge in [-0.15, -0.1) is 0 Å². The van der Waals surface area contributed by atoms with Crippen molar-refractivity contribution in [2.75, 3.05) is 0 Å². The van der Waals surface area contributed by atoms with E-state index in [0.29, 0.717) is 21.3 Å². The quantitative estimate of drug-likeness (QED) is 0.802. The third-order valence-corrected chi connectivity index (χ3v) is 2.90. The summed E-state index contributed by atoms with van der Waals surface area (Å²) in [6.45, 7) is 0. The maximum Gasteiger partial charge on any atom is 0.170 e. The molecule has 0 aliphatic carbocycles. The minimum absolute atomic E-state index is 0.0869. The van der Waals surface area contributed by atoms with Gasteiger partial charge in [0.1, 0.15) is 0 Å². The lowest BCUT2D eigenvalue weighted by Gasteiger charge is -2.02. The molecule has 0 amide bonds. The van der Waals surface area contributed by atoms with Crippen LogP contribution in [0.2, 0.25) is 10.0 Å². The smallest absolute Gasteiger partial charge is 0.170 e. The van der Waals surface area contributed by atoms with E-state index in [0.717, 1.165) is 0 Å². The molecule has 2 aromatic rings. The molecule has 0 saturated heterocycles. The molecule has 1 heterocycles. The van der Waals surface area contributed by atoms with Gasteiger partial charge in [-0.2, -0.15) is 5.10 Å². The molecule has 1 aromatic heterocycles. The molecule has 3 nitrogen and oxygen atoms in total. The summed E-state index contributed by atoms with van der Waals surface area (Å²) >= 11 is 11.8. The SMILES string of the molecule is Cn1ccc(CC(=O)c2cc(Cl)ccc2Cl)n1. The number of halogens is 2. The van der Waals surface area contributed by atoms with Crippen molar-refractivity contribution in [3.8, 4) is 0 Å². The van der Waals surface area contributed by atoms with Gasteiger partial charge in [0.05, 0.1) is 17.1 Å². The number of benzene rings is 1. The Morgan fingerprint density at radius 1 is 1.35 bits per heavy atom. The molecule has 0 saturated carbocycles. The topological polar surface area (TPSA) is 34.9 Å². The summed E-state index contributed by atoms with van der Waals surface area (Å²) < 4.78 is 1.65. The summed E-state index contributed by atoms with van der Waals surface area (Å²) in [6.07, 6.45) is 2.02. The summed E-state index contributed by atoms with van der Waals surface area (Å²) in [7, 11) is 1.81. The van der Waals surface area contributed by atoms with Gasteiger partial charge in [-0.05, 0) is 24.3 Å². The molecule has 0 radical (unpaired) electrons. The Morgan fingerprint density at radius 2 is 2.12 bits per heavy atom. The zero-order valence-electron chi connectivity index (χ0n) is 9.15. The number of aromatic nitrogens is 2. The zero-order valence-corrected chi connectivity index (χ0v) is 10.7. The van der Waals surface area contributed by atoms with E-state index in [9.17, 15) is 4.79 Å². The number of hydrogen-bond donors (Lipinski definition) is 0. The van der Waals surface area contributed by atoms with Crippen LogP contribution in [0.25, 0.3) is 0 Å². The number of Topliss-reactive ketones (excluding diaryl/α,β-unsaturated/α-hetero) is 1. The summed E-state index contributed by atoms with van der Waals surface area (Å²) in [6, 6.07) is 6.66. The molecule has 0 atom stereocenters. The Hall–Kier alpha value is -1.32. The highest BCUT2D eigenvalue weighted by atomic mass is 35.5. The van der Waals surface area contributed by atoms with Crippen molar-refractivity contribution < 1.29 is 4.79 Å². The van der Waals surface area contributed by atoms with E-state index in [1.54, 1.807) is 42.2 Å². The monoisotopic (exact) mass is 268 g/mol. The molecule has 0 unspecified atom stereocenters. The molecule has 0 aliphatic heterocycles. The van der Waals surface area contributed by atoms with Crippen LogP contribution in [0.1, 0.15) is 16.1 Å². The molecule has 0 N–H and O–H groups in total. The Morgan fingerprint density at radius 3 is 2.76 bits per heavy atom. The predicted octanol–water partition coefficient (Wildman–Crippen LogP) is 3.15. The lowest BCUT2D eigenvalue weighted by atomic mass is 10.1. The van der Waals surface area contributed by atoms with E-state index in [1.807, 2.05) is 0 Å². The van der Waals surface area contributed by atoms with Gasteiger partial charge in [0.15, 0.2) is 5.78 Å². The fourth-order valence-electron chi connectivity index (χ4n) is 1.53. The van der Waals surface area contributed by atoms with Crippen LogP contribution in [0.3, 0.4) is 0 Å². The van der Waals surface area contributed by atoms with Gasteiger partial charge in [-0.25, -0.2) is 0 Å². The first kappa shape index (κ1) is 12.1. The molecular weight excluding hydrogens is 259 g/mol. The van der Waals surface area contributed by atoms with Gasteiger partial charge < -0.3 is 0 Å². The Balaban J connectivity index is 2.22. The molecule has 2 rings (SSSR count). The molecule has 5 heteroatoms. The standard InChI is InChI=1S/C12H10Cl2N2O/c1-16-5-4-9(15-16)7-12(17)10-6-8(13)2-3-11(10)14/h2-6H,7H2,1H3. The number of nitrogens with zero attached hydrogens (tertiary/aromatic N) is 2. The predicted molar refractivity (Wildman–Crippen MR) is 67.7 cm³/mol. The van der Waals surface area contributed by atoms with E-state index in [2.05, 4.69) is 5.10 Å². The summed E-state index contributed by atoms with van der Waals surface area (Å²) in [5.41, 5.74) is 1.15. The molecule has 0 bridgehead atoms. The van der Waals surface area contributed by atoms with Crippen molar-refractivity contribution >= 4 is 29.0 Å². The van der Waals surface area contributed by atoms with Gasteiger partial charge in [0.25, 0.3) is 0 Å². The van der Waals surface area contributed by atoms with Crippen LogP contribution in [0, 0.1) is 0 Å². The summed E-state index contributed by atoms with van der Waals surface area (Å²) in [5.74, 6) is -0.0869. The first-order chi connectivity index (χ1) is 8.06. The molecule has 0 aliphatic rings. The Labute approximate surface area is 109 Å². The average Bonchev–Trinajstić information content (AvgIpc) is 2.67. The fourth-order valence-corrected chi connectivity index (χ4v) is 1.92. The van der Waals surface area contributed by atoms with Crippen LogP contribution >= 0.6 is 23.2 Å². The normalized spacial score (nSPS) is 10.5. The fraction of sp³-hybridized carbons (Fsp3) is 0.167.